The molecule has 0 aliphatic rings. The van der Waals surface area contributed by atoms with Gasteiger partial charge in [-0.25, -0.2) is 0 Å². The predicted octanol–water partition coefficient (Wildman–Crippen LogP) is 0.505. The summed E-state index contributed by atoms with van der Waals surface area (Å²) in [6.45, 7) is 3.79. The zero-order valence-corrected chi connectivity index (χ0v) is 11.9. The highest BCUT2D eigenvalue weighted by Crippen LogP contribution is 2.08. The van der Waals surface area contributed by atoms with Crippen molar-refractivity contribution in [1.82, 2.24) is 15.1 Å². The van der Waals surface area contributed by atoms with E-state index in [9.17, 15) is 14.7 Å². The average Bonchev–Trinajstić information content (AvgIpc) is 2.72. The molecule has 1 heterocycles. The summed E-state index contributed by atoms with van der Waals surface area (Å²) in [6, 6.07) is -0.125. The summed E-state index contributed by atoms with van der Waals surface area (Å²) < 4.78 is 1.58. The Morgan fingerprint density at radius 1 is 1.30 bits per heavy atom. The van der Waals surface area contributed by atoms with Crippen LogP contribution < -0.4 is 5.32 Å². The molecular formula is C13H21N3O4. The molecule has 20 heavy (non-hydrogen) atoms. The van der Waals surface area contributed by atoms with Crippen LogP contribution >= 0.6 is 0 Å². The Bertz CT molecular complexity index is 470. The summed E-state index contributed by atoms with van der Waals surface area (Å²) in [7, 11) is 1.74. The van der Waals surface area contributed by atoms with Crippen molar-refractivity contribution >= 4 is 11.9 Å². The largest absolute Gasteiger partial charge is 0.480 e. The van der Waals surface area contributed by atoms with Crippen molar-refractivity contribution < 1.29 is 19.8 Å². The molecule has 0 saturated carbocycles. The molecule has 112 valence electrons. The van der Waals surface area contributed by atoms with E-state index in [1.54, 1.807) is 24.0 Å². The first-order valence-corrected chi connectivity index (χ1v) is 6.49. The summed E-state index contributed by atoms with van der Waals surface area (Å²) in [5.41, 5.74) is 0.612. The topological polar surface area (TPSA) is 104 Å². The summed E-state index contributed by atoms with van der Waals surface area (Å²) in [5, 5.41) is 25.2. The van der Waals surface area contributed by atoms with Crippen molar-refractivity contribution in [2.45, 2.75) is 38.8 Å². The highest BCUT2D eigenvalue weighted by Gasteiger charge is 2.27. The van der Waals surface area contributed by atoms with Gasteiger partial charge in [0.2, 0.25) is 0 Å². The second-order valence-electron chi connectivity index (χ2n) is 5.26. The number of nitrogens with one attached hydrogen (secondary N) is 1. The number of carboxylic acids is 2. The maximum atomic E-state index is 11.3. The molecule has 0 spiro atoms. The van der Waals surface area contributed by atoms with E-state index in [-0.39, 0.29) is 12.3 Å². The second kappa shape index (κ2) is 7.04. The number of carboxylic acid groups (broad SMARTS) is 2. The van der Waals surface area contributed by atoms with E-state index in [1.807, 2.05) is 13.8 Å². The molecule has 7 heteroatoms. The molecule has 0 aliphatic heterocycles. The van der Waals surface area contributed by atoms with Gasteiger partial charge in [0.1, 0.15) is 12.1 Å². The number of aliphatic carboxylic acids is 2. The van der Waals surface area contributed by atoms with Crippen LogP contribution in [0.2, 0.25) is 0 Å². The minimum atomic E-state index is -1.08. The molecule has 0 amide bonds. The van der Waals surface area contributed by atoms with Gasteiger partial charge in [-0.15, -0.1) is 0 Å². The van der Waals surface area contributed by atoms with Crippen LogP contribution in [-0.4, -0.2) is 44.0 Å². The van der Waals surface area contributed by atoms with Gasteiger partial charge in [0.05, 0.1) is 5.69 Å². The molecule has 2 unspecified atom stereocenters. The summed E-state index contributed by atoms with van der Waals surface area (Å²) in [4.78, 5) is 22.4. The molecule has 0 bridgehead atoms. The number of hydrogen-bond donors (Lipinski definition) is 3. The summed E-state index contributed by atoms with van der Waals surface area (Å²) >= 11 is 0. The van der Waals surface area contributed by atoms with Gasteiger partial charge in [-0.1, -0.05) is 13.8 Å². The Hall–Kier alpha value is -1.89. The maximum Gasteiger partial charge on any atom is 0.321 e. The number of hydrogen-bond acceptors (Lipinski definition) is 4. The first-order valence-electron chi connectivity index (χ1n) is 6.49. The van der Waals surface area contributed by atoms with E-state index >= 15 is 0 Å². The van der Waals surface area contributed by atoms with Crippen LogP contribution in [0.25, 0.3) is 0 Å². The maximum absolute atomic E-state index is 11.3. The van der Waals surface area contributed by atoms with Gasteiger partial charge >= 0.3 is 11.9 Å². The second-order valence-corrected chi connectivity index (χ2v) is 5.26. The van der Waals surface area contributed by atoms with Gasteiger partial charge in [-0.3, -0.25) is 19.6 Å². The first kappa shape index (κ1) is 16.2. The molecule has 0 fully saturated rings. The van der Waals surface area contributed by atoms with Gasteiger partial charge < -0.3 is 10.2 Å². The fourth-order valence-corrected chi connectivity index (χ4v) is 1.95. The lowest BCUT2D eigenvalue weighted by atomic mass is 10.0. The summed E-state index contributed by atoms with van der Waals surface area (Å²) in [5.74, 6) is -1.95. The lowest BCUT2D eigenvalue weighted by molar-refractivity contribution is -0.142. The van der Waals surface area contributed by atoms with E-state index in [0.717, 1.165) is 0 Å². The highest BCUT2D eigenvalue weighted by atomic mass is 16.4. The number of aryl methyl sites for hydroxylation is 1. The third kappa shape index (κ3) is 5.00. The van der Waals surface area contributed by atoms with Crippen molar-refractivity contribution in [1.29, 1.82) is 0 Å². The Morgan fingerprint density at radius 3 is 2.30 bits per heavy atom. The van der Waals surface area contributed by atoms with Crippen LogP contribution in [0.3, 0.4) is 0 Å². The molecule has 2 atom stereocenters. The van der Waals surface area contributed by atoms with Crippen LogP contribution in [0.5, 0.6) is 0 Å². The molecule has 3 N–H and O–H groups in total. The molecule has 7 nitrogen and oxygen atoms in total. The Balaban J connectivity index is 2.74. The van der Waals surface area contributed by atoms with Crippen molar-refractivity contribution in [3.8, 4) is 0 Å². The van der Waals surface area contributed by atoms with Crippen molar-refractivity contribution in [2.75, 3.05) is 0 Å². The first-order chi connectivity index (χ1) is 9.29. The van der Waals surface area contributed by atoms with Crippen molar-refractivity contribution in [3.63, 3.8) is 0 Å². The van der Waals surface area contributed by atoms with Gasteiger partial charge in [0, 0.05) is 19.7 Å². The SMILES string of the molecule is CC(C)CC(NC(Cc1ccn(C)n1)C(=O)O)C(=O)O. The van der Waals surface area contributed by atoms with Crippen molar-refractivity contribution in [2.24, 2.45) is 13.0 Å². The Kier molecular flexibility index (Phi) is 5.69. The zero-order chi connectivity index (χ0) is 15.3. The van der Waals surface area contributed by atoms with E-state index in [0.29, 0.717) is 12.1 Å². The van der Waals surface area contributed by atoms with E-state index < -0.39 is 24.0 Å². The third-order valence-corrected chi connectivity index (χ3v) is 2.89. The number of rotatable bonds is 8. The van der Waals surface area contributed by atoms with Crippen LogP contribution in [0.4, 0.5) is 0 Å². The average molecular weight is 283 g/mol. The van der Waals surface area contributed by atoms with Crippen molar-refractivity contribution in [3.05, 3.63) is 18.0 Å². The quantitative estimate of drug-likeness (QED) is 0.642. The van der Waals surface area contributed by atoms with Gasteiger partial charge in [0.15, 0.2) is 0 Å². The number of aromatic nitrogens is 2. The Labute approximate surface area is 117 Å². The van der Waals surface area contributed by atoms with Gasteiger partial charge in [-0.2, -0.15) is 5.10 Å². The van der Waals surface area contributed by atoms with E-state index in [2.05, 4.69) is 10.4 Å². The fraction of sp³-hybridized carbons (Fsp3) is 0.615. The smallest absolute Gasteiger partial charge is 0.321 e. The molecule has 0 aliphatic carbocycles. The minimum absolute atomic E-state index is 0.151. The number of nitrogens with zero attached hydrogens (tertiary/aromatic N) is 2. The van der Waals surface area contributed by atoms with Crippen LogP contribution in [-0.2, 0) is 23.1 Å². The summed E-state index contributed by atoms with van der Waals surface area (Å²) in [6.07, 6.45) is 2.25. The van der Waals surface area contributed by atoms with Crippen LogP contribution in [0.15, 0.2) is 12.3 Å². The molecule has 0 radical (unpaired) electrons. The zero-order valence-electron chi connectivity index (χ0n) is 11.9. The van der Waals surface area contributed by atoms with Crippen LogP contribution in [0, 0.1) is 5.92 Å². The highest BCUT2D eigenvalue weighted by molar-refractivity contribution is 5.77. The van der Waals surface area contributed by atoms with Crippen LogP contribution in [0.1, 0.15) is 26.0 Å². The molecular weight excluding hydrogens is 262 g/mol. The van der Waals surface area contributed by atoms with Gasteiger partial charge in [-0.05, 0) is 18.4 Å². The third-order valence-electron chi connectivity index (χ3n) is 2.89. The van der Waals surface area contributed by atoms with Gasteiger partial charge in [0.25, 0.3) is 0 Å². The molecule has 1 aromatic rings. The molecule has 0 aromatic carbocycles. The number of carbonyl (C=O) groups is 2. The lowest BCUT2D eigenvalue weighted by Crippen LogP contribution is -2.48. The molecule has 1 rings (SSSR count). The molecule has 1 aromatic heterocycles. The predicted molar refractivity (Wildman–Crippen MR) is 72.4 cm³/mol. The Morgan fingerprint density at radius 2 is 1.90 bits per heavy atom. The minimum Gasteiger partial charge on any atom is -0.480 e. The fourth-order valence-electron chi connectivity index (χ4n) is 1.95. The standard InChI is InChI=1S/C13H21N3O4/c1-8(2)6-10(12(17)18)14-11(13(19)20)7-9-4-5-16(3)15-9/h4-5,8,10-11,14H,6-7H2,1-3H3,(H,17,18)(H,19,20). The monoisotopic (exact) mass is 283 g/mol. The van der Waals surface area contributed by atoms with E-state index in [1.165, 1.54) is 0 Å². The lowest BCUT2D eigenvalue weighted by Gasteiger charge is -2.21. The molecule has 0 saturated heterocycles. The normalized spacial score (nSPS) is 14.2. The van der Waals surface area contributed by atoms with E-state index in [4.69, 9.17) is 5.11 Å².